The third-order valence-electron chi connectivity index (χ3n) is 2.28. The van der Waals surface area contributed by atoms with Gasteiger partial charge in [0.25, 0.3) is 10.0 Å². The fraction of sp³-hybridized carbons (Fsp3) is 0. The zero-order chi connectivity index (χ0) is 14.9. The van der Waals surface area contributed by atoms with Crippen molar-refractivity contribution in [1.82, 2.24) is 4.98 Å². The molecule has 0 aliphatic carbocycles. The SMILES string of the molecule is O=S(=O)(Nc1cccc(Cl)c1Br)c1cnc(Cl)c(Cl)c1. The van der Waals surface area contributed by atoms with E-state index in [0.29, 0.717) is 15.2 Å². The molecule has 0 saturated carbocycles. The predicted octanol–water partition coefficient (Wildman–Crippen LogP) is 4.61. The molecule has 0 amide bonds. The van der Waals surface area contributed by atoms with Crippen LogP contribution in [-0.2, 0) is 10.0 Å². The Balaban J connectivity index is 2.41. The third-order valence-corrected chi connectivity index (χ3v) is 5.69. The number of aromatic nitrogens is 1. The van der Waals surface area contributed by atoms with Crippen LogP contribution in [0.2, 0.25) is 15.2 Å². The first-order valence-corrected chi connectivity index (χ1v) is 8.50. The summed E-state index contributed by atoms with van der Waals surface area (Å²) in [6.45, 7) is 0. The van der Waals surface area contributed by atoms with Gasteiger partial charge in [0, 0.05) is 6.20 Å². The van der Waals surface area contributed by atoms with Gasteiger partial charge in [0.15, 0.2) is 0 Å². The van der Waals surface area contributed by atoms with E-state index in [9.17, 15) is 8.42 Å². The van der Waals surface area contributed by atoms with Crippen molar-refractivity contribution >= 4 is 66.4 Å². The van der Waals surface area contributed by atoms with E-state index in [2.05, 4.69) is 25.6 Å². The van der Waals surface area contributed by atoms with Crippen molar-refractivity contribution in [2.24, 2.45) is 0 Å². The lowest BCUT2D eigenvalue weighted by Crippen LogP contribution is -2.13. The highest BCUT2D eigenvalue weighted by Gasteiger charge is 2.18. The van der Waals surface area contributed by atoms with Crippen LogP contribution in [-0.4, -0.2) is 13.4 Å². The first kappa shape index (κ1) is 15.9. The van der Waals surface area contributed by atoms with Gasteiger partial charge in [-0.3, -0.25) is 4.72 Å². The van der Waals surface area contributed by atoms with Gasteiger partial charge in [-0.25, -0.2) is 13.4 Å². The van der Waals surface area contributed by atoms with E-state index in [4.69, 9.17) is 34.8 Å². The van der Waals surface area contributed by atoms with Crippen molar-refractivity contribution in [3.63, 3.8) is 0 Å². The molecule has 0 bridgehead atoms. The Morgan fingerprint density at radius 3 is 2.50 bits per heavy atom. The molecule has 9 heteroatoms. The zero-order valence-corrected chi connectivity index (χ0v) is 14.2. The van der Waals surface area contributed by atoms with Crippen LogP contribution in [0.25, 0.3) is 0 Å². The van der Waals surface area contributed by atoms with Gasteiger partial charge in [-0.05, 0) is 34.1 Å². The minimum atomic E-state index is -3.84. The van der Waals surface area contributed by atoms with Crippen molar-refractivity contribution in [2.45, 2.75) is 4.90 Å². The molecule has 106 valence electrons. The van der Waals surface area contributed by atoms with E-state index in [-0.39, 0.29) is 15.1 Å². The summed E-state index contributed by atoms with van der Waals surface area (Å²) >= 11 is 20.5. The number of rotatable bonds is 3. The van der Waals surface area contributed by atoms with E-state index in [1.807, 2.05) is 0 Å². The average Bonchev–Trinajstić information content (AvgIpc) is 2.38. The first-order valence-electron chi connectivity index (χ1n) is 5.09. The maximum atomic E-state index is 12.2. The van der Waals surface area contributed by atoms with Crippen molar-refractivity contribution in [3.05, 3.63) is 50.1 Å². The molecular formula is C11H6BrCl3N2O2S. The summed E-state index contributed by atoms with van der Waals surface area (Å²) < 4.78 is 27.3. The first-order chi connectivity index (χ1) is 9.31. The standard InChI is InChI=1S/C11H6BrCl3N2O2S/c12-10-7(13)2-1-3-9(10)17-20(18,19)6-4-8(14)11(15)16-5-6/h1-5,17H. The Morgan fingerprint density at radius 1 is 1.15 bits per heavy atom. The second kappa shape index (κ2) is 6.07. The molecule has 1 aromatic heterocycles. The van der Waals surface area contributed by atoms with Crippen LogP contribution in [0.4, 0.5) is 5.69 Å². The van der Waals surface area contributed by atoms with E-state index >= 15 is 0 Å². The number of hydrogen-bond donors (Lipinski definition) is 1. The van der Waals surface area contributed by atoms with E-state index in [1.54, 1.807) is 18.2 Å². The second-order valence-corrected chi connectivity index (χ2v) is 7.30. The van der Waals surface area contributed by atoms with Gasteiger partial charge in [0.05, 0.1) is 20.2 Å². The Hall–Kier alpha value is -0.530. The highest BCUT2D eigenvalue weighted by molar-refractivity contribution is 9.10. The van der Waals surface area contributed by atoms with Crippen LogP contribution in [0, 0.1) is 0 Å². The quantitative estimate of drug-likeness (QED) is 0.744. The largest absolute Gasteiger partial charge is 0.278 e. The molecule has 0 atom stereocenters. The molecule has 0 aliphatic rings. The van der Waals surface area contributed by atoms with Crippen LogP contribution in [0.3, 0.4) is 0 Å². The van der Waals surface area contributed by atoms with Crippen molar-refractivity contribution in [3.8, 4) is 0 Å². The van der Waals surface area contributed by atoms with Crippen LogP contribution in [0.1, 0.15) is 0 Å². The lowest BCUT2D eigenvalue weighted by molar-refractivity contribution is 0.601. The zero-order valence-electron chi connectivity index (χ0n) is 9.57. The summed E-state index contributed by atoms with van der Waals surface area (Å²) in [5.74, 6) is 0. The average molecular weight is 417 g/mol. The van der Waals surface area contributed by atoms with Gasteiger partial charge in [-0.15, -0.1) is 0 Å². The summed E-state index contributed by atoms with van der Waals surface area (Å²) in [5, 5.41) is 0.478. The fourth-order valence-corrected chi connectivity index (χ4v) is 3.38. The molecule has 1 aromatic carbocycles. The minimum absolute atomic E-state index is 0.0366. The molecule has 2 rings (SSSR count). The maximum Gasteiger partial charge on any atom is 0.263 e. The fourth-order valence-electron chi connectivity index (χ4n) is 1.34. The minimum Gasteiger partial charge on any atom is -0.278 e. The Bertz CT molecular complexity index is 768. The summed E-state index contributed by atoms with van der Waals surface area (Å²) in [6, 6.07) is 6.04. The Morgan fingerprint density at radius 2 is 1.85 bits per heavy atom. The summed E-state index contributed by atoms with van der Waals surface area (Å²) in [6.07, 6.45) is 1.12. The second-order valence-electron chi connectivity index (χ2n) is 3.65. The normalized spacial score (nSPS) is 11.4. The van der Waals surface area contributed by atoms with Crippen molar-refractivity contribution in [2.75, 3.05) is 4.72 Å². The van der Waals surface area contributed by atoms with Crippen LogP contribution >= 0.6 is 50.7 Å². The van der Waals surface area contributed by atoms with Gasteiger partial charge in [-0.2, -0.15) is 0 Å². The van der Waals surface area contributed by atoms with E-state index < -0.39 is 10.0 Å². The number of anilines is 1. The van der Waals surface area contributed by atoms with E-state index in [0.717, 1.165) is 6.20 Å². The van der Waals surface area contributed by atoms with Gasteiger partial charge in [0.2, 0.25) is 0 Å². The molecule has 0 radical (unpaired) electrons. The van der Waals surface area contributed by atoms with Crippen molar-refractivity contribution in [1.29, 1.82) is 0 Å². The molecule has 4 nitrogen and oxygen atoms in total. The number of sulfonamides is 1. The van der Waals surface area contributed by atoms with Gasteiger partial charge in [-0.1, -0.05) is 40.9 Å². The molecule has 0 spiro atoms. The number of nitrogens with zero attached hydrogens (tertiary/aromatic N) is 1. The number of pyridine rings is 1. The molecular weight excluding hydrogens is 410 g/mol. The lowest BCUT2D eigenvalue weighted by atomic mass is 10.3. The highest BCUT2D eigenvalue weighted by Crippen LogP contribution is 2.32. The highest BCUT2D eigenvalue weighted by atomic mass is 79.9. The molecule has 20 heavy (non-hydrogen) atoms. The van der Waals surface area contributed by atoms with Gasteiger partial charge >= 0.3 is 0 Å². The molecule has 2 aromatic rings. The number of benzene rings is 1. The summed E-state index contributed by atoms with van der Waals surface area (Å²) in [7, 11) is -3.84. The molecule has 1 heterocycles. The number of hydrogen-bond acceptors (Lipinski definition) is 3. The lowest BCUT2D eigenvalue weighted by Gasteiger charge is -2.10. The van der Waals surface area contributed by atoms with Crippen LogP contribution in [0.5, 0.6) is 0 Å². The topological polar surface area (TPSA) is 59.1 Å². The van der Waals surface area contributed by atoms with Crippen LogP contribution in [0.15, 0.2) is 39.8 Å². The predicted molar refractivity (Wildman–Crippen MR) is 84.2 cm³/mol. The molecule has 1 N–H and O–H groups in total. The number of nitrogens with one attached hydrogen (secondary N) is 1. The maximum absolute atomic E-state index is 12.2. The third kappa shape index (κ3) is 3.38. The van der Waals surface area contributed by atoms with E-state index in [1.165, 1.54) is 6.07 Å². The summed E-state index contributed by atoms with van der Waals surface area (Å²) in [4.78, 5) is 3.60. The molecule has 0 aliphatic heterocycles. The van der Waals surface area contributed by atoms with Gasteiger partial charge in [0.1, 0.15) is 10.0 Å². The van der Waals surface area contributed by atoms with Crippen molar-refractivity contribution < 1.29 is 8.42 Å². The summed E-state index contributed by atoms with van der Waals surface area (Å²) in [5.41, 5.74) is 0.309. The number of halogens is 4. The molecule has 0 unspecified atom stereocenters. The molecule has 0 saturated heterocycles. The Labute approximate surface area is 139 Å². The smallest absolute Gasteiger partial charge is 0.263 e. The monoisotopic (exact) mass is 414 g/mol. The van der Waals surface area contributed by atoms with Gasteiger partial charge < -0.3 is 0 Å². The Kier molecular flexibility index (Phi) is 4.81. The van der Waals surface area contributed by atoms with Crippen LogP contribution < -0.4 is 4.72 Å². The molecule has 0 fully saturated rings.